The Morgan fingerprint density at radius 3 is 2.31 bits per heavy atom. The molecule has 2 rings (SSSR count). The second kappa shape index (κ2) is 8.77. The summed E-state index contributed by atoms with van der Waals surface area (Å²) in [7, 11) is 0. The van der Waals surface area contributed by atoms with Crippen LogP contribution in [-0.2, 0) is 0 Å². The minimum atomic E-state index is 0. The predicted molar refractivity (Wildman–Crippen MR) is 76.8 cm³/mol. The van der Waals surface area contributed by atoms with Gasteiger partial charge in [0.2, 0.25) is 0 Å². The van der Waals surface area contributed by atoms with Crippen molar-refractivity contribution in [3.05, 3.63) is 24.0 Å². The van der Waals surface area contributed by atoms with E-state index in [-0.39, 0.29) is 8.85 Å². The second-order valence-electron chi connectivity index (χ2n) is 2.60. The molecule has 2 aromatic rings. The molecule has 0 radical (unpaired) electrons. The molecule has 0 amide bonds. The molecular weight excluding hydrogens is 198 g/mol. The zero-order valence-electron chi connectivity index (χ0n) is 10.3. The van der Waals surface area contributed by atoms with Gasteiger partial charge in [0.05, 0.1) is 11.0 Å². The van der Waals surface area contributed by atoms with Gasteiger partial charge >= 0.3 is 0 Å². The van der Waals surface area contributed by atoms with E-state index in [0.29, 0.717) is 0 Å². The summed E-state index contributed by atoms with van der Waals surface area (Å²) in [6.07, 6.45) is 0. The minimum absolute atomic E-state index is 0. The highest BCUT2D eigenvalue weighted by Gasteiger charge is 1.97. The van der Waals surface area contributed by atoms with Gasteiger partial charge in [-0.25, -0.2) is 4.98 Å². The number of fused-ring (bicyclic) bond motifs is 1. The van der Waals surface area contributed by atoms with Gasteiger partial charge in [0.25, 0.3) is 0 Å². The number of aryl methyl sites for hydroxylation is 1. The maximum absolute atomic E-state index is 5.59. The van der Waals surface area contributed by atoms with Crippen molar-refractivity contribution in [2.75, 3.05) is 5.73 Å². The third-order valence-electron chi connectivity index (χ3n) is 1.62. The number of anilines is 1. The summed E-state index contributed by atoms with van der Waals surface area (Å²) in [5.41, 5.74) is 8.32. The Kier molecular flexibility index (Phi) is 9.27. The number of nitrogens with one attached hydrogen (secondary N) is 1. The molecule has 0 spiro atoms. The van der Waals surface area contributed by atoms with E-state index in [1.807, 2.05) is 52.8 Å². The summed E-state index contributed by atoms with van der Waals surface area (Å²) >= 11 is 0. The first-order valence-corrected chi connectivity index (χ1v) is 5.47. The third-order valence-corrected chi connectivity index (χ3v) is 1.62. The molecular formula is C13H27N3. The Balaban J connectivity index is -0.000000299. The van der Waals surface area contributed by atoms with Crippen molar-refractivity contribution in [2.24, 2.45) is 0 Å². The zero-order chi connectivity index (χ0) is 11.8. The molecule has 0 saturated carbocycles. The molecule has 0 bridgehead atoms. The van der Waals surface area contributed by atoms with Crippen LogP contribution < -0.4 is 5.73 Å². The number of hydrogen-bond acceptors (Lipinski definition) is 2. The van der Waals surface area contributed by atoms with Gasteiger partial charge in [-0.2, -0.15) is 0 Å². The summed E-state index contributed by atoms with van der Waals surface area (Å²) < 4.78 is 0. The number of H-pyrrole nitrogens is 1. The van der Waals surface area contributed by atoms with Gasteiger partial charge in [-0.1, -0.05) is 35.1 Å². The second-order valence-corrected chi connectivity index (χ2v) is 2.60. The molecule has 0 atom stereocenters. The lowest BCUT2D eigenvalue weighted by Crippen LogP contribution is -1.82. The highest BCUT2D eigenvalue weighted by molar-refractivity contribution is 5.78. The largest absolute Gasteiger partial charge is 0.399 e. The Morgan fingerprint density at radius 1 is 1.19 bits per heavy atom. The average molecular weight is 225 g/mol. The first kappa shape index (κ1) is 16.9. The summed E-state index contributed by atoms with van der Waals surface area (Å²) in [5.74, 6) is 0.922. The Bertz CT molecular complexity index is 396. The van der Waals surface area contributed by atoms with E-state index in [2.05, 4.69) is 9.97 Å². The lowest BCUT2D eigenvalue weighted by atomic mass is 10.3. The zero-order valence-corrected chi connectivity index (χ0v) is 10.3. The molecule has 3 nitrogen and oxygen atoms in total. The summed E-state index contributed by atoms with van der Waals surface area (Å²) in [6.45, 7) is 9.93. The van der Waals surface area contributed by atoms with Gasteiger partial charge in [-0.3, -0.25) is 0 Å². The standard InChI is InChI=1S/C8H9N3.2C2H6.CH4.H2/c1-5-10-7-3-2-6(9)4-8(7)11-5;2*1-2;;/h2-4H,9H2,1H3,(H,10,11);2*1-2H3;1H4;1H. The van der Waals surface area contributed by atoms with Crippen LogP contribution in [0.3, 0.4) is 0 Å². The van der Waals surface area contributed by atoms with Crippen molar-refractivity contribution in [2.45, 2.75) is 42.0 Å². The highest BCUT2D eigenvalue weighted by Crippen LogP contribution is 2.13. The van der Waals surface area contributed by atoms with Gasteiger partial charge in [-0.05, 0) is 25.1 Å². The fraction of sp³-hybridized carbons (Fsp3) is 0.462. The molecule has 3 heteroatoms. The van der Waals surface area contributed by atoms with E-state index in [0.717, 1.165) is 22.5 Å². The number of hydrogen-bond donors (Lipinski definition) is 2. The van der Waals surface area contributed by atoms with Crippen LogP contribution in [0.15, 0.2) is 18.2 Å². The fourth-order valence-corrected chi connectivity index (χ4v) is 1.15. The molecule has 0 saturated heterocycles. The highest BCUT2D eigenvalue weighted by atomic mass is 14.9. The van der Waals surface area contributed by atoms with Crippen LogP contribution in [0.2, 0.25) is 0 Å². The van der Waals surface area contributed by atoms with Crippen molar-refractivity contribution < 1.29 is 1.43 Å². The molecule has 0 aliphatic carbocycles. The van der Waals surface area contributed by atoms with E-state index < -0.39 is 0 Å². The molecule has 1 aromatic carbocycles. The minimum Gasteiger partial charge on any atom is -0.399 e. The fourth-order valence-electron chi connectivity index (χ4n) is 1.15. The third kappa shape index (κ3) is 4.34. The van der Waals surface area contributed by atoms with Crippen LogP contribution in [0, 0.1) is 6.92 Å². The molecule has 0 fully saturated rings. The quantitative estimate of drug-likeness (QED) is 0.653. The maximum atomic E-state index is 5.59. The van der Waals surface area contributed by atoms with Crippen molar-refractivity contribution in [3.8, 4) is 0 Å². The normalized spacial score (nSPS) is 8.06. The Hall–Kier alpha value is -1.51. The van der Waals surface area contributed by atoms with Crippen LogP contribution in [0.5, 0.6) is 0 Å². The molecule has 94 valence electrons. The molecule has 1 aromatic heterocycles. The van der Waals surface area contributed by atoms with Gasteiger partial charge in [0.15, 0.2) is 0 Å². The average Bonchev–Trinajstić information content (AvgIpc) is 2.63. The number of rotatable bonds is 0. The van der Waals surface area contributed by atoms with E-state index in [4.69, 9.17) is 5.73 Å². The Labute approximate surface area is 101 Å². The van der Waals surface area contributed by atoms with E-state index in [1.165, 1.54) is 0 Å². The number of benzene rings is 1. The van der Waals surface area contributed by atoms with Crippen molar-refractivity contribution >= 4 is 16.7 Å². The van der Waals surface area contributed by atoms with E-state index in [1.54, 1.807) is 0 Å². The Morgan fingerprint density at radius 2 is 1.75 bits per heavy atom. The number of nitrogen functional groups attached to an aromatic ring is 1. The van der Waals surface area contributed by atoms with Crippen LogP contribution >= 0.6 is 0 Å². The number of nitrogens with two attached hydrogens (primary N) is 1. The van der Waals surface area contributed by atoms with Gasteiger partial charge in [-0.15, -0.1) is 0 Å². The van der Waals surface area contributed by atoms with Gasteiger partial charge in [0.1, 0.15) is 5.82 Å². The molecule has 0 aliphatic heterocycles. The van der Waals surface area contributed by atoms with Crippen molar-refractivity contribution in [1.29, 1.82) is 0 Å². The maximum Gasteiger partial charge on any atom is 0.104 e. The van der Waals surface area contributed by atoms with Crippen LogP contribution in [-0.4, -0.2) is 9.97 Å². The molecule has 0 aliphatic rings. The molecule has 0 unspecified atom stereocenters. The van der Waals surface area contributed by atoms with Crippen LogP contribution in [0.4, 0.5) is 5.69 Å². The molecule has 3 N–H and O–H groups in total. The SMILES string of the molecule is C.CC.CC.Cc1nc2ccc(N)cc2[nH]1.[HH]. The number of aromatic nitrogens is 2. The first-order valence-electron chi connectivity index (χ1n) is 5.47. The van der Waals surface area contributed by atoms with E-state index in [9.17, 15) is 0 Å². The summed E-state index contributed by atoms with van der Waals surface area (Å²) in [6, 6.07) is 5.64. The monoisotopic (exact) mass is 225 g/mol. The van der Waals surface area contributed by atoms with Crippen LogP contribution in [0.25, 0.3) is 11.0 Å². The lowest BCUT2D eigenvalue weighted by Gasteiger charge is -1.89. The molecule has 16 heavy (non-hydrogen) atoms. The summed E-state index contributed by atoms with van der Waals surface area (Å²) in [4.78, 5) is 7.35. The van der Waals surface area contributed by atoms with Gasteiger partial charge < -0.3 is 10.7 Å². The first-order chi connectivity index (χ1) is 7.25. The van der Waals surface area contributed by atoms with Crippen LogP contribution in [0.1, 0.15) is 42.4 Å². The predicted octanol–water partition coefficient (Wildman–Crippen LogP) is 4.39. The number of nitrogens with zero attached hydrogens (tertiary/aromatic N) is 1. The smallest absolute Gasteiger partial charge is 0.104 e. The van der Waals surface area contributed by atoms with Crippen molar-refractivity contribution in [1.82, 2.24) is 9.97 Å². The lowest BCUT2D eigenvalue weighted by molar-refractivity contribution is 1.17. The number of imidazole rings is 1. The topological polar surface area (TPSA) is 54.7 Å². The number of aromatic amines is 1. The van der Waals surface area contributed by atoms with Gasteiger partial charge in [0, 0.05) is 7.11 Å². The summed E-state index contributed by atoms with van der Waals surface area (Å²) in [5, 5.41) is 0. The van der Waals surface area contributed by atoms with E-state index >= 15 is 0 Å². The van der Waals surface area contributed by atoms with Crippen molar-refractivity contribution in [3.63, 3.8) is 0 Å². The molecule has 1 heterocycles.